The van der Waals surface area contributed by atoms with Gasteiger partial charge in [0.25, 0.3) is 0 Å². The lowest BCUT2D eigenvalue weighted by atomic mass is 9.79. The molecule has 0 fully saturated rings. The lowest BCUT2D eigenvalue weighted by molar-refractivity contribution is -0.137. The van der Waals surface area contributed by atoms with E-state index in [0.29, 0.717) is 24.0 Å². The van der Waals surface area contributed by atoms with Gasteiger partial charge in [0.2, 0.25) is 0 Å². The smallest absolute Gasteiger partial charge is 0.307 e. The molecule has 0 heterocycles. The minimum absolute atomic E-state index is 0.216. The number of benzene rings is 3. The van der Waals surface area contributed by atoms with Crippen LogP contribution in [-0.4, -0.2) is 32.4 Å². The first kappa shape index (κ1) is 32.7. The topological polar surface area (TPSA) is 115 Å². The number of rotatable bonds is 8. The maximum atomic E-state index is 12.0. The van der Waals surface area contributed by atoms with Crippen molar-refractivity contribution in [1.29, 1.82) is 0 Å². The average molecular weight is 575 g/mol. The summed E-state index contributed by atoms with van der Waals surface area (Å²) in [5.41, 5.74) is 9.06. The molecule has 6 heteroatoms. The summed E-state index contributed by atoms with van der Waals surface area (Å²) < 4.78 is 0. The molecular weight excluding hydrogens is 528 g/mol. The van der Waals surface area contributed by atoms with Crippen molar-refractivity contribution in [2.24, 2.45) is 0 Å². The molecule has 42 heavy (non-hydrogen) atoms. The van der Waals surface area contributed by atoms with Crippen LogP contribution in [0.15, 0.2) is 24.3 Å². The van der Waals surface area contributed by atoms with Gasteiger partial charge in [0, 0.05) is 0 Å². The molecule has 0 amide bonds. The van der Waals surface area contributed by atoms with Crippen LogP contribution in [0.4, 0.5) is 0 Å². The van der Waals surface area contributed by atoms with Crippen LogP contribution < -0.4 is 0 Å². The van der Waals surface area contributed by atoms with E-state index < -0.39 is 11.9 Å². The van der Waals surface area contributed by atoms with Crippen molar-refractivity contribution in [2.75, 3.05) is 0 Å². The third kappa shape index (κ3) is 6.80. The molecular formula is C36H46O6. The largest absolute Gasteiger partial charge is 0.507 e. The Kier molecular flexibility index (Phi) is 9.21. The number of hydrogen-bond acceptors (Lipinski definition) is 4. The van der Waals surface area contributed by atoms with Crippen molar-refractivity contribution in [3.05, 3.63) is 91.0 Å². The molecule has 4 N–H and O–H groups in total. The number of hydrogen-bond donors (Lipinski definition) is 4. The van der Waals surface area contributed by atoms with Crippen LogP contribution in [0.25, 0.3) is 0 Å². The van der Waals surface area contributed by atoms with Gasteiger partial charge in [-0.05, 0) is 118 Å². The number of aliphatic carboxylic acids is 2. The lowest BCUT2D eigenvalue weighted by Gasteiger charge is -2.27. The SMILES string of the molecule is Cc1cc(C(C)(C)C)c(O)c(C)c1Cc1c(CC(=O)O)ccc(CC(=O)O)c1Cc1c(C)cc(C(C)(C)C)c(O)c1C. The molecule has 3 aromatic carbocycles. The van der Waals surface area contributed by atoms with E-state index in [9.17, 15) is 30.0 Å². The van der Waals surface area contributed by atoms with Gasteiger partial charge < -0.3 is 20.4 Å². The number of phenolic OH excluding ortho intramolecular Hbond substituents is 2. The standard InChI is InChI=1S/C36H46O6/c1-19-13-29(35(5,6)7)33(41)21(3)25(19)17-27-23(15-31(37)38)11-12-24(16-32(39)40)28(27)18-26-20(2)14-30(36(8,9)10)34(42)22(26)4/h11-14,41-42H,15-18H2,1-10H3,(H,37,38)(H,39,40). The Balaban J connectivity index is 2.35. The molecule has 6 nitrogen and oxygen atoms in total. The van der Waals surface area contributed by atoms with Crippen LogP contribution in [0.1, 0.15) is 108 Å². The number of carbonyl (C=O) groups is 2. The number of carboxylic acid groups (broad SMARTS) is 2. The molecule has 0 aliphatic heterocycles. The van der Waals surface area contributed by atoms with Crippen LogP contribution in [0.2, 0.25) is 0 Å². The predicted molar refractivity (Wildman–Crippen MR) is 167 cm³/mol. The van der Waals surface area contributed by atoms with E-state index >= 15 is 0 Å². The van der Waals surface area contributed by atoms with Gasteiger partial charge in [-0.15, -0.1) is 0 Å². The highest BCUT2D eigenvalue weighted by Crippen LogP contribution is 2.40. The summed E-state index contributed by atoms with van der Waals surface area (Å²) in [5.74, 6) is -1.51. The molecule has 0 saturated heterocycles. The quantitative estimate of drug-likeness (QED) is 0.223. The first-order chi connectivity index (χ1) is 19.2. The predicted octanol–water partition coefficient (Wildman–Crippen LogP) is 7.36. The van der Waals surface area contributed by atoms with Crippen molar-refractivity contribution in [3.8, 4) is 11.5 Å². The summed E-state index contributed by atoms with van der Waals surface area (Å²) in [6, 6.07) is 7.43. The summed E-state index contributed by atoms with van der Waals surface area (Å²) in [7, 11) is 0. The molecule has 0 saturated carbocycles. The third-order valence-corrected chi connectivity index (χ3v) is 8.43. The number of aromatic hydroxyl groups is 2. The molecule has 0 bridgehead atoms. The number of aryl methyl sites for hydroxylation is 2. The van der Waals surface area contributed by atoms with Gasteiger partial charge >= 0.3 is 11.9 Å². The van der Waals surface area contributed by atoms with Crippen molar-refractivity contribution >= 4 is 11.9 Å². The van der Waals surface area contributed by atoms with Crippen molar-refractivity contribution in [1.82, 2.24) is 0 Å². The fraction of sp³-hybridized carbons (Fsp3) is 0.444. The minimum Gasteiger partial charge on any atom is -0.507 e. The van der Waals surface area contributed by atoms with Gasteiger partial charge in [-0.1, -0.05) is 65.8 Å². The fourth-order valence-electron chi connectivity index (χ4n) is 5.95. The second kappa shape index (κ2) is 11.8. The van der Waals surface area contributed by atoms with E-state index in [4.69, 9.17) is 0 Å². The normalized spacial score (nSPS) is 12.0. The Labute approximate surface area is 250 Å². The van der Waals surface area contributed by atoms with E-state index in [1.807, 2.05) is 81.4 Å². The van der Waals surface area contributed by atoms with E-state index in [1.54, 1.807) is 12.1 Å². The fourth-order valence-corrected chi connectivity index (χ4v) is 5.95. The second-order valence-corrected chi connectivity index (χ2v) is 13.7. The van der Waals surface area contributed by atoms with Gasteiger partial charge in [-0.3, -0.25) is 9.59 Å². The first-order valence-corrected chi connectivity index (χ1v) is 14.4. The van der Waals surface area contributed by atoms with Gasteiger partial charge in [-0.25, -0.2) is 0 Å². The molecule has 0 aliphatic rings. The molecule has 0 aromatic heterocycles. The first-order valence-electron chi connectivity index (χ1n) is 14.4. The highest BCUT2D eigenvalue weighted by Gasteiger charge is 2.26. The Hall–Kier alpha value is -3.80. The summed E-state index contributed by atoms with van der Waals surface area (Å²) in [6.45, 7) is 20.0. The van der Waals surface area contributed by atoms with E-state index in [-0.39, 0.29) is 35.2 Å². The van der Waals surface area contributed by atoms with Crippen molar-refractivity contribution < 1.29 is 30.0 Å². The maximum absolute atomic E-state index is 12.0. The van der Waals surface area contributed by atoms with Crippen molar-refractivity contribution in [2.45, 2.75) is 106 Å². The molecule has 0 radical (unpaired) electrons. The maximum Gasteiger partial charge on any atom is 0.307 e. The highest BCUT2D eigenvalue weighted by molar-refractivity contribution is 5.74. The van der Waals surface area contributed by atoms with E-state index in [1.165, 1.54) is 0 Å². The molecule has 0 spiro atoms. The Bertz CT molecular complexity index is 1430. The summed E-state index contributed by atoms with van der Waals surface area (Å²) in [6.07, 6.45) is 0.244. The summed E-state index contributed by atoms with van der Waals surface area (Å²) >= 11 is 0. The van der Waals surface area contributed by atoms with Crippen LogP contribution in [-0.2, 0) is 46.1 Å². The van der Waals surface area contributed by atoms with Crippen LogP contribution in [0.3, 0.4) is 0 Å². The zero-order chi connectivity index (χ0) is 31.9. The van der Waals surface area contributed by atoms with Crippen molar-refractivity contribution in [3.63, 3.8) is 0 Å². The van der Waals surface area contributed by atoms with Gasteiger partial charge in [-0.2, -0.15) is 0 Å². The van der Waals surface area contributed by atoms with Crippen LogP contribution in [0, 0.1) is 27.7 Å². The molecule has 3 aromatic rings. The highest BCUT2D eigenvalue weighted by atomic mass is 16.4. The van der Waals surface area contributed by atoms with Gasteiger partial charge in [0.15, 0.2) is 0 Å². The van der Waals surface area contributed by atoms with E-state index in [0.717, 1.165) is 55.6 Å². The molecule has 3 rings (SSSR count). The Morgan fingerprint density at radius 2 is 0.905 bits per heavy atom. The monoisotopic (exact) mass is 574 g/mol. The molecule has 0 aliphatic carbocycles. The zero-order valence-electron chi connectivity index (χ0n) is 26.7. The van der Waals surface area contributed by atoms with Crippen LogP contribution in [0.5, 0.6) is 11.5 Å². The summed E-state index contributed by atoms with van der Waals surface area (Å²) in [4.78, 5) is 23.9. The number of phenols is 2. The Morgan fingerprint density at radius 3 is 1.17 bits per heavy atom. The van der Waals surface area contributed by atoms with Gasteiger partial charge in [0.05, 0.1) is 12.8 Å². The molecule has 0 atom stereocenters. The summed E-state index contributed by atoms with van der Waals surface area (Å²) in [5, 5.41) is 42.0. The Morgan fingerprint density at radius 1 is 0.595 bits per heavy atom. The second-order valence-electron chi connectivity index (χ2n) is 13.7. The van der Waals surface area contributed by atoms with Crippen LogP contribution >= 0.6 is 0 Å². The minimum atomic E-state index is -0.980. The zero-order valence-corrected chi connectivity index (χ0v) is 26.7. The third-order valence-electron chi connectivity index (χ3n) is 8.43. The average Bonchev–Trinajstić information content (AvgIpc) is 2.84. The van der Waals surface area contributed by atoms with Gasteiger partial charge in [0.1, 0.15) is 11.5 Å². The molecule has 226 valence electrons. The van der Waals surface area contributed by atoms with E-state index in [2.05, 4.69) is 0 Å². The lowest BCUT2D eigenvalue weighted by Crippen LogP contribution is -2.16. The molecule has 0 unspecified atom stereocenters. The number of carboxylic acids is 2.